The molecule has 0 saturated heterocycles. The van der Waals surface area contributed by atoms with Gasteiger partial charge >= 0.3 is 0 Å². The van der Waals surface area contributed by atoms with Gasteiger partial charge < -0.3 is 0 Å². The van der Waals surface area contributed by atoms with E-state index in [4.69, 9.17) is 0 Å². The molecule has 124 valence electrons. The van der Waals surface area contributed by atoms with Crippen LogP contribution in [-0.2, 0) is 0 Å². The predicted molar refractivity (Wildman–Crippen MR) is 119 cm³/mol. The van der Waals surface area contributed by atoms with Crippen LogP contribution in [-0.4, -0.2) is 14.6 Å². The highest BCUT2D eigenvalue weighted by molar-refractivity contribution is 6.84. The van der Waals surface area contributed by atoms with Crippen LogP contribution in [0.15, 0.2) is 60.7 Å². The van der Waals surface area contributed by atoms with E-state index in [1.54, 1.807) is 0 Å². The summed E-state index contributed by atoms with van der Waals surface area (Å²) in [7, 11) is 4.73. The third kappa shape index (κ3) is 2.13. The minimum absolute atomic E-state index is 0.0877. The summed E-state index contributed by atoms with van der Waals surface area (Å²) in [5.41, 5.74) is 13.6. The molecule has 0 nitrogen and oxygen atoms in total. The summed E-state index contributed by atoms with van der Waals surface area (Å²) in [5.74, 6) is 0. The smallest absolute Gasteiger partial charge is 0.0788 e. The van der Waals surface area contributed by atoms with Crippen molar-refractivity contribution in [2.45, 2.75) is 13.8 Å². The van der Waals surface area contributed by atoms with Crippen LogP contribution in [0.2, 0.25) is 0 Å². The van der Waals surface area contributed by atoms with Crippen LogP contribution >= 0.6 is 0 Å². The van der Waals surface area contributed by atoms with Gasteiger partial charge in [0.05, 0.1) is 0 Å². The van der Waals surface area contributed by atoms with Crippen molar-refractivity contribution in [3.05, 3.63) is 71.8 Å². The molecule has 3 aromatic rings. The monoisotopic (exact) mass is 340 g/mol. The molecular weight excluding hydrogens is 322 g/mol. The molecule has 2 radical (unpaired) electrons. The Balaban J connectivity index is 1.58. The normalized spacial score (nSPS) is 16.4. The average molecular weight is 340 g/mol. The van der Waals surface area contributed by atoms with Gasteiger partial charge in [-0.2, -0.15) is 0 Å². The summed E-state index contributed by atoms with van der Waals surface area (Å²) in [4.78, 5) is 0. The van der Waals surface area contributed by atoms with Gasteiger partial charge in [-0.15, -0.1) is 0 Å². The topological polar surface area (TPSA) is 0 Å². The van der Waals surface area contributed by atoms with Crippen molar-refractivity contribution in [1.82, 2.24) is 0 Å². The van der Waals surface area contributed by atoms with Gasteiger partial charge in [0.1, 0.15) is 0 Å². The van der Waals surface area contributed by atoms with Crippen LogP contribution in [0.5, 0.6) is 0 Å². The first-order chi connectivity index (χ1) is 13.1. The number of benzene rings is 3. The van der Waals surface area contributed by atoms with Gasteiger partial charge in [-0.25, -0.2) is 0 Å². The molecule has 1 aliphatic carbocycles. The lowest BCUT2D eigenvalue weighted by Gasteiger charge is -2.13. The van der Waals surface area contributed by atoms with Crippen molar-refractivity contribution >= 4 is 48.6 Å². The molecule has 0 spiro atoms. The molecule has 3 aliphatic rings. The highest BCUT2D eigenvalue weighted by Gasteiger charge is 2.30. The van der Waals surface area contributed by atoms with E-state index in [0.717, 1.165) is 0 Å². The molecule has 6 rings (SSSR count). The summed E-state index contributed by atoms with van der Waals surface area (Å²) in [5, 5.41) is 0. The molecule has 0 bridgehead atoms. The van der Waals surface area contributed by atoms with Gasteiger partial charge in [-0.3, -0.25) is 0 Å². The lowest BCUT2D eigenvalue weighted by atomic mass is 9.57. The molecule has 2 aliphatic heterocycles. The summed E-state index contributed by atoms with van der Waals surface area (Å²) in [6.45, 7) is 4.51. The second kappa shape index (κ2) is 5.16. The molecule has 0 aromatic heterocycles. The van der Waals surface area contributed by atoms with Crippen molar-refractivity contribution < 1.29 is 0 Å². The first-order valence-corrected chi connectivity index (χ1v) is 9.62. The molecule has 3 aromatic carbocycles. The zero-order chi connectivity index (χ0) is 18.2. The van der Waals surface area contributed by atoms with E-state index in [0.29, 0.717) is 0 Å². The summed E-state index contributed by atoms with van der Waals surface area (Å²) in [6.07, 6.45) is 9.23. The molecule has 0 unspecified atom stereocenters. The van der Waals surface area contributed by atoms with Crippen molar-refractivity contribution in [1.29, 1.82) is 0 Å². The highest BCUT2D eigenvalue weighted by Crippen LogP contribution is 2.34. The first-order valence-electron chi connectivity index (χ1n) is 9.62. The van der Waals surface area contributed by atoms with Crippen LogP contribution in [0.1, 0.15) is 25.0 Å². The maximum atomic E-state index is 2.37. The van der Waals surface area contributed by atoms with E-state index in [9.17, 15) is 0 Å². The van der Waals surface area contributed by atoms with Crippen LogP contribution in [0, 0.1) is 5.41 Å². The van der Waals surface area contributed by atoms with Crippen molar-refractivity contribution in [3.63, 3.8) is 0 Å². The molecule has 27 heavy (non-hydrogen) atoms. The molecule has 0 fully saturated rings. The number of hydrogen-bond donors (Lipinski definition) is 0. The molecule has 0 saturated carbocycles. The summed E-state index contributed by atoms with van der Waals surface area (Å²) in [6, 6.07) is 17.9. The van der Waals surface area contributed by atoms with Crippen LogP contribution in [0.25, 0.3) is 34.4 Å². The third-order valence-electron chi connectivity index (χ3n) is 6.09. The van der Waals surface area contributed by atoms with Crippen LogP contribution in [0.3, 0.4) is 0 Å². The standard InChI is InChI=1S/C25H18B2/c1-25(2)13-11-15-7-10-21-22(16(15)12-14-25)19-9-8-18-17-5-3-4-6-20(17)26-23(18)24(19)27-21/h3-14H,1-2H3. The number of hydrogen-bond acceptors (Lipinski definition) is 0. The Morgan fingerprint density at radius 1 is 0.667 bits per heavy atom. The maximum Gasteiger partial charge on any atom is 0.192 e. The van der Waals surface area contributed by atoms with E-state index in [2.05, 4.69) is 101 Å². The highest BCUT2D eigenvalue weighted by atomic mass is 14.2. The van der Waals surface area contributed by atoms with Gasteiger partial charge in [0, 0.05) is 5.41 Å². The predicted octanol–water partition coefficient (Wildman–Crippen LogP) is 3.02. The fraction of sp³-hybridized carbons (Fsp3) is 0.120. The fourth-order valence-electron chi connectivity index (χ4n) is 4.64. The Kier molecular flexibility index (Phi) is 2.93. The van der Waals surface area contributed by atoms with E-state index in [1.165, 1.54) is 55.2 Å². The Morgan fingerprint density at radius 2 is 1.41 bits per heavy atom. The van der Waals surface area contributed by atoms with Gasteiger partial charge in [0.25, 0.3) is 0 Å². The van der Waals surface area contributed by atoms with Crippen LogP contribution < -0.4 is 21.9 Å². The second-order valence-electron chi connectivity index (χ2n) is 8.38. The summed E-state index contributed by atoms with van der Waals surface area (Å²) < 4.78 is 0. The SMILES string of the molecule is CC1(C)C=Cc2ccc3c(c2C=C1)-c1ccc2c(c1[B]3)[B]c1ccccc1-2. The largest absolute Gasteiger partial charge is 0.192 e. The third-order valence-corrected chi connectivity index (χ3v) is 6.09. The number of rotatable bonds is 0. The fourth-order valence-corrected chi connectivity index (χ4v) is 4.64. The van der Waals surface area contributed by atoms with Gasteiger partial charge in [0.2, 0.25) is 0 Å². The van der Waals surface area contributed by atoms with Gasteiger partial charge in [-0.1, -0.05) is 109 Å². The molecule has 0 amide bonds. The summed E-state index contributed by atoms with van der Waals surface area (Å²) >= 11 is 0. The van der Waals surface area contributed by atoms with Crippen molar-refractivity contribution in [2.24, 2.45) is 5.41 Å². The molecular formula is C25H18B2. The lowest BCUT2D eigenvalue weighted by molar-refractivity contribution is 0.633. The minimum Gasteiger partial charge on any atom is -0.0788 e. The van der Waals surface area contributed by atoms with Gasteiger partial charge in [-0.05, 0) is 33.4 Å². The van der Waals surface area contributed by atoms with Crippen molar-refractivity contribution in [3.8, 4) is 22.3 Å². The molecule has 0 N–H and O–H groups in total. The van der Waals surface area contributed by atoms with Crippen LogP contribution in [0.4, 0.5) is 0 Å². The second-order valence-corrected chi connectivity index (χ2v) is 8.38. The average Bonchev–Trinajstić information content (AvgIpc) is 3.18. The molecule has 2 heteroatoms. The molecule has 0 atom stereocenters. The first kappa shape index (κ1) is 15.3. The van der Waals surface area contributed by atoms with E-state index >= 15 is 0 Å². The number of fused-ring (bicyclic) bond motifs is 9. The Labute approximate surface area is 162 Å². The zero-order valence-corrected chi connectivity index (χ0v) is 15.6. The Morgan fingerprint density at radius 3 is 2.33 bits per heavy atom. The zero-order valence-electron chi connectivity index (χ0n) is 15.6. The lowest BCUT2D eigenvalue weighted by Crippen LogP contribution is -2.39. The Hall–Kier alpha value is -2.73. The quantitative estimate of drug-likeness (QED) is 0.380. The molecule has 2 heterocycles. The van der Waals surface area contributed by atoms with E-state index < -0.39 is 0 Å². The van der Waals surface area contributed by atoms with Gasteiger partial charge in [0.15, 0.2) is 14.6 Å². The minimum atomic E-state index is 0.0877. The maximum absolute atomic E-state index is 2.37. The van der Waals surface area contributed by atoms with E-state index in [1.807, 2.05) is 0 Å². The van der Waals surface area contributed by atoms with Crippen molar-refractivity contribution in [2.75, 3.05) is 0 Å². The Bertz CT molecular complexity index is 1200. The van der Waals surface area contributed by atoms with E-state index in [-0.39, 0.29) is 5.41 Å². The number of allylic oxidation sites excluding steroid dienone is 2.